The summed E-state index contributed by atoms with van der Waals surface area (Å²) in [4.78, 5) is 23.1. The molecule has 0 aliphatic carbocycles. The summed E-state index contributed by atoms with van der Waals surface area (Å²) in [6.07, 6.45) is -1.34. The van der Waals surface area contributed by atoms with Crippen molar-refractivity contribution < 1.29 is 22.7 Å². The van der Waals surface area contributed by atoms with Crippen LogP contribution in [-0.4, -0.2) is 48.5 Å². The van der Waals surface area contributed by atoms with Crippen LogP contribution in [0.15, 0.2) is 30.3 Å². The minimum Gasteiger partial charge on any atom is -0.404 e. The fourth-order valence-electron chi connectivity index (χ4n) is 3.24. The number of alkyl halides is 3. The van der Waals surface area contributed by atoms with Crippen molar-refractivity contribution in [2.45, 2.75) is 32.5 Å². The molecule has 2 amide bonds. The number of nitrogens with zero attached hydrogens (tertiary/aromatic N) is 3. The number of anilines is 3. The molecule has 1 saturated heterocycles. The van der Waals surface area contributed by atoms with Gasteiger partial charge in [-0.15, -0.1) is 13.2 Å². The van der Waals surface area contributed by atoms with E-state index in [0.717, 1.165) is 37.8 Å². The van der Waals surface area contributed by atoms with Gasteiger partial charge in [-0.3, -0.25) is 0 Å². The number of rotatable bonds is 7. The lowest BCUT2D eigenvalue weighted by Gasteiger charge is -2.28. The third-order valence-corrected chi connectivity index (χ3v) is 4.58. The maximum Gasteiger partial charge on any atom is 0.573 e. The Kier molecular flexibility index (Phi) is 7.37. The molecule has 1 aromatic carbocycles. The van der Waals surface area contributed by atoms with Crippen LogP contribution in [0.4, 0.5) is 35.3 Å². The standard InChI is InChI=1S/C20H25F3N6O2/c1-14-26-17(13-18(27-14)29-11-5-2-6-12-29)24-9-10-25-19(30)28-15-7-3-4-8-16(15)31-20(21,22)23/h3-4,7-8,13H,2,5-6,9-12H2,1H3,(H,24,26,27)(H2,25,28,30). The van der Waals surface area contributed by atoms with Crippen molar-refractivity contribution in [3.05, 3.63) is 36.2 Å². The summed E-state index contributed by atoms with van der Waals surface area (Å²) in [5.41, 5.74) is -0.0807. The topological polar surface area (TPSA) is 91.4 Å². The Morgan fingerprint density at radius 2 is 1.87 bits per heavy atom. The zero-order valence-electron chi connectivity index (χ0n) is 17.1. The lowest BCUT2D eigenvalue weighted by atomic mass is 10.1. The van der Waals surface area contributed by atoms with E-state index in [1.807, 2.05) is 13.0 Å². The molecule has 3 N–H and O–H groups in total. The lowest BCUT2D eigenvalue weighted by molar-refractivity contribution is -0.274. The van der Waals surface area contributed by atoms with Gasteiger partial charge in [0.2, 0.25) is 0 Å². The van der Waals surface area contributed by atoms with Gasteiger partial charge in [-0.1, -0.05) is 12.1 Å². The number of aromatic nitrogens is 2. The molecule has 11 heteroatoms. The molecule has 2 aromatic rings. The molecule has 8 nitrogen and oxygen atoms in total. The molecule has 0 spiro atoms. The number of urea groups is 1. The molecular weight excluding hydrogens is 413 g/mol. The molecule has 1 aliphatic heterocycles. The van der Waals surface area contributed by atoms with Gasteiger partial charge in [0.25, 0.3) is 0 Å². The first-order chi connectivity index (χ1) is 14.8. The third-order valence-electron chi connectivity index (χ3n) is 4.58. The number of nitrogens with one attached hydrogen (secondary N) is 3. The molecule has 3 rings (SSSR count). The predicted molar refractivity (Wildman–Crippen MR) is 111 cm³/mol. The Morgan fingerprint density at radius 1 is 1.13 bits per heavy atom. The number of para-hydroxylation sites is 2. The van der Waals surface area contributed by atoms with Crippen LogP contribution in [0, 0.1) is 6.92 Å². The Bertz CT molecular complexity index is 887. The number of ether oxygens (including phenoxy) is 1. The molecule has 1 aromatic heterocycles. The molecule has 0 radical (unpaired) electrons. The number of carbonyl (C=O) groups excluding carboxylic acids is 1. The van der Waals surface area contributed by atoms with Crippen LogP contribution in [0.2, 0.25) is 0 Å². The second kappa shape index (κ2) is 10.2. The number of benzene rings is 1. The van der Waals surface area contributed by atoms with Crippen LogP contribution in [-0.2, 0) is 0 Å². The van der Waals surface area contributed by atoms with Crippen LogP contribution in [0.5, 0.6) is 5.75 Å². The number of hydrogen-bond acceptors (Lipinski definition) is 6. The van der Waals surface area contributed by atoms with E-state index < -0.39 is 18.1 Å². The van der Waals surface area contributed by atoms with Gasteiger partial charge in [0.05, 0.1) is 5.69 Å². The summed E-state index contributed by atoms with van der Waals surface area (Å²) < 4.78 is 41.3. The average Bonchev–Trinajstić information content (AvgIpc) is 2.72. The summed E-state index contributed by atoms with van der Waals surface area (Å²) in [6.45, 7) is 4.37. The highest BCUT2D eigenvalue weighted by Crippen LogP contribution is 2.29. The van der Waals surface area contributed by atoms with E-state index in [1.165, 1.54) is 24.6 Å². The Balaban J connectivity index is 1.48. The first-order valence-electron chi connectivity index (χ1n) is 10.0. The monoisotopic (exact) mass is 438 g/mol. The van der Waals surface area contributed by atoms with Crippen LogP contribution in [0.25, 0.3) is 0 Å². The summed E-state index contributed by atoms with van der Waals surface area (Å²) >= 11 is 0. The highest BCUT2D eigenvalue weighted by atomic mass is 19.4. The number of aryl methyl sites for hydroxylation is 1. The normalized spacial score (nSPS) is 14.1. The highest BCUT2D eigenvalue weighted by Gasteiger charge is 2.32. The van der Waals surface area contributed by atoms with Gasteiger partial charge in [-0.05, 0) is 38.3 Å². The van der Waals surface area contributed by atoms with E-state index in [2.05, 4.69) is 35.6 Å². The van der Waals surface area contributed by atoms with Crippen molar-refractivity contribution in [3.8, 4) is 5.75 Å². The molecule has 0 saturated carbocycles. The number of hydrogen-bond donors (Lipinski definition) is 3. The minimum absolute atomic E-state index is 0.0807. The van der Waals surface area contributed by atoms with E-state index in [-0.39, 0.29) is 12.2 Å². The second-order valence-electron chi connectivity index (χ2n) is 7.06. The van der Waals surface area contributed by atoms with E-state index in [1.54, 1.807) is 0 Å². The summed E-state index contributed by atoms with van der Waals surface area (Å²) in [5, 5.41) is 8.07. The molecule has 0 unspecified atom stereocenters. The van der Waals surface area contributed by atoms with Gasteiger partial charge < -0.3 is 25.6 Å². The zero-order valence-corrected chi connectivity index (χ0v) is 17.1. The molecule has 168 valence electrons. The SMILES string of the molecule is Cc1nc(NCCNC(=O)Nc2ccccc2OC(F)(F)F)cc(N2CCCCC2)n1. The number of piperidine rings is 1. The predicted octanol–water partition coefficient (Wildman–Crippen LogP) is 3.91. The van der Waals surface area contributed by atoms with Crippen molar-refractivity contribution in [1.82, 2.24) is 15.3 Å². The van der Waals surface area contributed by atoms with E-state index in [4.69, 9.17) is 0 Å². The molecule has 0 bridgehead atoms. The van der Waals surface area contributed by atoms with Crippen molar-refractivity contribution in [2.75, 3.05) is 41.7 Å². The van der Waals surface area contributed by atoms with E-state index in [9.17, 15) is 18.0 Å². The Labute approximate surface area is 178 Å². The van der Waals surface area contributed by atoms with Gasteiger partial charge in [0, 0.05) is 32.2 Å². The lowest BCUT2D eigenvalue weighted by Crippen LogP contribution is -2.33. The smallest absolute Gasteiger partial charge is 0.404 e. The maximum absolute atomic E-state index is 12.5. The van der Waals surface area contributed by atoms with Crippen LogP contribution in [0.3, 0.4) is 0 Å². The molecule has 1 fully saturated rings. The van der Waals surface area contributed by atoms with E-state index >= 15 is 0 Å². The third kappa shape index (κ3) is 7.19. The van der Waals surface area contributed by atoms with Crippen molar-refractivity contribution in [1.29, 1.82) is 0 Å². The largest absolute Gasteiger partial charge is 0.573 e. The quantitative estimate of drug-likeness (QED) is 0.568. The number of amides is 2. The van der Waals surface area contributed by atoms with Crippen LogP contribution in [0.1, 0.15) is 25.1 Å². The molecule has 31 heavy (non-hydrogen) atoms. The Hall–Kier alpha value is -3.24. The first-order valence-corrected chi connectivity index (χ1v) is 10.0. The second-order valence-corrected chi connectivity index (χ2v) is 7.06. The molecule has 2 heterocycles. The number of halogens is 3. The van der Waals surface area contributed by atoms with E-state index in [0.29, 0.717) is 18.2 Å². The van der Waals surface area contributed by atoms with Crippen molar-refractivity contribution in [3.63, 3.8) is 0 Å². The highest BCUT2D eigenvalue weighted by molar-refractivity contribution is 5.90. The molecule has 0 atom stereocenters. The molecule has 1 aliphatic rings. The fraction of sp³-hybridized carbons (Fsp3) is 0.450. The number of carbonyl (C=O) groups is 1. The minimum atomic E-state index is -4.85. The van der Waals surface area contributed by atoms with Gasteiger partial charge in [0.1, 0.15) is 17.5 Å². The Morgan fingerprint density at radius 3 is 2.61 bits per heavy atom. The van der Waals surface area contributed by atoms with Crippen LogP contribution >= 0.6 is 0 Å². The van der Waals surface area contributed by atoms with Gasteiger partial charge >= 0.3 is 12.4 Å². The zero-order chi connectivity index (χ0) is 22.3. The molecular formula is C20H25F3N6O2. The first kappa shape index (κ1) is 22.4. The summed E-state index contributed by atoms with van der Waals surface area (Å²) in [6, 6.07) is 6.57. The van der Waals surface area contributed by atoms with Crippen LogP contribution < -0.4 is 25.6 Å². The van der Waals surface area contributed by atoms with Crippen molar-refractivity contribution >= 4 is 23.4 Å². The van der Waals surface area contributed by atoms with Gasteiger partial charge in [-0.25, -0.2) is 14.8 Å². The van der Waals surface area contributed by atoms with Crippen molar-refractivity contribution in [2.24, 2.45) is 0 Å². The average molecular weight is 438 g/mol. The summed E-state index contributed by atoms with van der Waals surface area (Å²) in [7, 11) is 0. The van der Waals surface area contributed by atoms with Gasteiger partial charge in [-0.2, -0.15) is 0 Å². The van der Waals surface area contributed by atoms with Gasteiger partial charge in [0.15, 0.2) is 5.75 Å². The maximum atomic E-state index is 12.5. The summed E-state index contributed by atoms with van der Waals surface area (Å²) in [5.74, 6) is 1.70. The fourth-order valence-corrected chi connectivity index (χ4v) is 3.24.